The Labute approximate surface area is 92.8 Å². The van der Waals surface area contributed by atoms with Crippen molar-refractivity contribution in [2.75, 3.05) is 0 Å². The minimum absolute atomic E-state index is 0.0337. The van der Waals surface area contributed by atoms with Gasteiger partial charge in [-0.2, -0.15) is 4.73 Å². The fourth-order valence-electron chi connectivity index (χ4n) is 1.36. The molecule has 0 radical (unpaired) electrons. The SMILES string of the molecule is Cc1ccc(C(=O)c2cncc[n+]2[O-])cc1. The van der Waals surface area contributed by atoms with Gasteiger partial charge in [-0.15, -0.1) is 0 Å². The van der Waals surface area contributed by atoms with Gasteiger partial charge < -0.3 is 5.21 Å². The Hall–Kier alpha value is -2.23. The lowest BCUT2D eigenvalue weighted by molar-refractivity contribution is -0.608. The zero-order valence-electron chi connectivity index (χ0n) is 8.75. The number of ketones is 1. The molecule has 4 heteroatoms. The fourth-order valence-corrected chi connectivity index (χ4v) is 1.36. The Morgan fingerprint density at radius 1 is 1.31 bits per heavy atom. The van der Waals surface area contributed by atoms with Gasteiger partial charge in [0, 0.05) is 5.56 Å². The standard InChI is InChI=1S/C12H10N2O2/c1-9-2-4-10(5-3-9)12(15)11-8-13-6-7-14(11)16/h2-8H,1H3. The number of aromatic nitrogens is 2. The number of carbonyl (C=O) groups is 1. The van der Waals surface area contributed by atoms with Gasteiger partial charge in [0.1, 0.15) is 6.20 Å². The number of hydrogen-bond acceptors (Lipinski definition) is 3. The van der Waals surface area contributed by atoms with E-state index in [-0.39, 0.29) is 11.5 Å². The first-order chi connectivity index (χ1) is 7.68. The lowest BCUT2D eigenvalue weighted by atomic mass is 10.1. The number of hydrogen-bond donors (Lipinski definition) is 0. The lowest BCUT2D eigenvalue weighted by Crippen LogP contribution is -2.34. The summed E-state index contributed by atoms with van der Waals surface area (Å²) in [5, 5.41) is 11.4. The summed E-state index contributed by atoms with van der Waals surface area (Å²) in [4.78, 5) is 15.7. The normalized spacial score (nSPS) is 10.1. The Bertz CT molecular complexity index is 521. The van der Waals surface area contributed by atoms with Gasteiger partial charge in [0.15, 0.2) is 6.20 Å². The molecule has 1 aromatic carbocycles. The quantitative estimate of drug-likeness (QED) is 0.429. The zero-order valence-corrected chi connectivity index (χ0v) is 8.75. The van der Waals surface area contributed by atoms with Crippen LogP contribution in [0.3, 0.4) is 0 Å². The molecule has 0 atom stereocenters. The van der Waals surface area contributed by atoms with Crippen LogP contribution < -0.4 is 4.73 Å². The largest absolute Gasteiger partial charge is 0.618 e. The number of rotatable bonds is 2. The van der Waals surface area contributed by atoms with Crippen molar-refractivity contribution in [2.45, 2.75) is 6.92 Å². The second-order valence-electron chi connectivity index (χ2n) is 3.48. The number of benzene rings is 1. The summed E-state index contributed by atoms with van der Waals surface area (Å²) in [7, 11) is 0. The van der Waals surface area contributed by atoms with Crippen LogP contribution >= 0.6 is 0 Å². The highest BCUT2D eigenvalue weighted by Crippen LogP contribution is 2.07. The van der Waals surface area contributed by atoms with E-state index in [1.807, 2.05) is 19.1 Å². The van der Waals surface area contributed by atoms with E-state index in [0.29, 0.717) is 10.3 Å². The molecule has 0 amide bonds. The van der Waals surface area contributed by atoms with Gasteiger partial charge in [-0.1, -0.05) is 29.8 Å². The molecule has 0 aliphatic heterocycles. The maximum atomic E-state index is 11.9. The summed E-state index contributed by atoms with van der Waals surface area (Å²) in [6.07, 6.45) is 3.83. The van der Waals surface area contributed by atoms with Crippen LogP contribution in [0, 0.1) is 12.1 Å². The average molecular weight is 214 g/mol. The van der Waals surface area contributed by atoms with Crippen LogP contribution in [0.15, 0.2) is 42.9 Å². The molecule has 0 aliphatic rings. The maximum Gasteiger partial charge on any atom is 0.283 e. The topological polar surface area (TPSA) is 56.9 Å². The molecule has 0 bridgehead atoms. The molecule has 2 rings (SSSR count). The predicted octanol–water partition coefficient (Wildman–Crippen LogP) is 1.25. The van der Waals surface area contributed by atoms with E-state index < -0.39 is 0 Å². The van der Waals surface area contributed by atoms with Gasteiger partial charge in [-0.25, -0.2) is 0 Å². The van der Waals surface area contributed by atoms with Gasteiger partial charge in [0.2, 0.25) is 0 Å². The molecule has 0 fully saturated rings. The highest BCUT2D eigenvalue weighted by molar-refractivity contribution is 6.06. The molecule has 0 unspecified atom stereocenters. The molecule has 1 aromatic heterocycles. The van der Waals surface area contributed by atoms with E-state index in [2.05, 4.69) is 4.98 Å². The van der Waals surface area contributed by atoms with Gasteiger partial charge >= 0.3 is 0 Å². The van der Waals surface area contributed by atoms with Gasteiger partial charge in [0.25, 0.3) is 11.5 Å². The third kappa shape index (κ3) is 1.91. The summed E-state index contributed by atoms with van der Waals surface area (Å²) in [5.74, 6) is -0.317. The van der Waals surface area contributed by atoms with Crippen LogP contribution in [-0.2, 0) is 0 Å². The van der Waals surface area contributed by atoms with E-state index in [1.165, 1.54) is 18.6 Å². The average Bonchev–Trinajstić information content (AvgIpc) is 2.30. The molecule has 0 aliphatic carbocycles. The maximum absolute atomic E-state index is 11.9. The van der Waals surface area contributed by atoms with Crippen molar-refractivity contribution in [1.82, 2.24) is 4.98 Å². The van der Waals surface area contributed by atoms with Crippen LogP contribution in [0.4, 0.5) is 0 Å². The molecule has 0 N–H and O–H groups in total. The van der Waals surface area contributed by atoms with E-state index in [0.717, 1.165) is 5.56 Å². The van der Waals surface area contributed by atoms with E-state index >= 15 is 0 Å². The van der Waals surface area contributed by atoms with Crippen molar-refractivity contribution in [3.05, 3.63) is 64.9 Å². The molecule has 4 nitrogen and oxygen atoms in total. The minimum Gasteiger partial charge on any atom is -0.618 e. The van der Waals surface area contributed by atoms with Crippen molar-refractivity contribution in [3.63, 3.8) is 0 Å². The van der Waals surface area contributed by atoms with Crippen molar-refractivity contribution >= 4 is 5.78 Å². The molecule has 0 saturated carbocycles. The van der Waals surface area contributed by atoms with Gasteiger partial charge in [-0.05, 0) is 6.92 Å². The Balaban J connectivity index is 2.40. The van der Waals surface area contributed by atoms with Crippen LogP contribution in [0.1, 0.15) is 21.6 Å². The van der Waals surface area contributed by atoms with E-state index in [4.69, 9.17) is 0 Å². The van der Waals surface area contributed by atoms with Crippen LogP contribution in [0.2, 0.25) is 0 Å². The molecular weight excluding hydrogens is 204 g/mol. The first-order valence-electron chi connectivity index (χ1n) is 4.83. The first kappa shape index (κ1) is 10.3. The molecular formula is C12H10N2O2. The van der Waals surface area contributed by atoms with Gasteiger partial charge in [0.05, 0.1) is 6.20 Å². The zero-order chi connectivity index (χ0) is 11.5. The van der Waals surface area contributed by atoms with Crippen LogP contribution in [0.5, 0.6) is 0 Å². The molecule has 16 heavy (non-hydrogen) atoms. The summed E-state index contributed by atoms with van der Waals surface area (Å²) in [5.41, 5.74) is 1.59. The monoisotopic (exact) mass is 214 g/mol. The summed E-state index contributed by atoms with van der Waals surface area (Å²) in [6.45, 7) is 1.94. The molecule has 0 spiro atoms. The van der Waals surface area contributed by atoms with E-state index in [9.17, 15) is 10.0 Å². The Morgan fingerprint density at radius 2 is 2.00 bits per heavy atom. The smallest absolute Gasteiger partial charge is 0.283 e. The minimum atomic E-state index is -0.317. The molecule has 0 saturated heterocycles. The second kappa shape index (κ2) is 4.10. The Morgan fingerprint density at radius 3 is 2.62 bits per heavy atom. The Kier molecular flexibility index (Phi) is 2.64. The third-order valence-corrected chi connectivity index (χ3v) is 2.27. The van der Waals surface area contributed by atoms with Crippen molar-refractivity contribution in [2.24, 2.45) is 0 Å². The number of aryl methyl sites for hydroxylation is 1. The lowest BCUT2D eigenvalue weighted by Gasteiger charge is -2.02. The van der Waals surface area contributed by atoms with Crippen molar-refractivity contribution in [3.8, 4) is 0 Å². The van der Waals surface area contributed by atoms with Crippen LogP contribution in [-0.4, -0.2) is 10.8 Å². The highest BCUT2D eigenvalue weighted by Gasteiger charge is 2.17. The molecule has 80 valence electrons. The van der Waals surface area contributed by atoms with Crippen molar-refractivity contribution < 1.29 is 9.52 Å². The molecule has 2 aromatic rings. The number of carbonyl (C=O) groups excluding carboxylic acids is 1. The van der Waals surface area contributed by atoms with Crippen molar-refractivity contribution in [1.29, 1.82) is 0 Å². The fraction of sp³-hybridized carbons (Fsp3) is 0.0833. The van der Waals surface area contributed by atoms with Gasteiger partial charge in [-0.3, -0.25) is 9.78 Å². The highest BCUT2D eigenvalue weighted by atomic mass is 16.5. The first-order valence-corrected chi connectivity index (χ1v) is 4.83. The summed E-state index contributed by atoms with van der Waals surface area (Å²) < 4.78 is 0.523. The predicted molar refractivity (Wildman–Crippen MR) is 57.8 cm³/mol. The summed E-state index contributed by atoms with van der Waals surface area (Å²) in [6, 6.07) is 7.06. The number of nitrogens with zero attached hydrogens (tertiary/aromatic N) is 2. The molecule has 1 heterocycles. The second-order valence-corrected chi connectivity index (χ2v) is 3.48. The van der Waals surface area contributed by atoms with E-state index in [1.54, 1.807) is 12.1 Å². The summed E-state index contributed by atoms with van der Waals surface area (Å²) >= 11 is 0. The van der Waals surface area contributed by atoms with Crippen LogP contribution in [0.25, 0.3) is 0 Å². The third-order valence-electron chi connectivity index (χ3n) is 2.27.